The first kappa shape index (κ1) is 45.7. The van der Waals surface area contributed by atoms with E-state index in [0.29, 0.717) is 0 Å². The summed E-state index contributed by atoms with van der Waals surface area (Å²) >= 11 is -2.59. The van der Waals surface area contributed by atoms with E-state index in [1.165, 1.54) is 0 Å². The molecule has 0 rings (SSSR count). The Labute approximate surface area is 249 Å². The van der Waals surface area contributed by atoms with E-state index in [2.05, 4.69) is 59.9 Å². The molecule has 214 valence electrons. The minimum absolute atomic E-state index is 0. The third kappa shape index (κ3) is 32.7. The van der Waals surface area contributed by atoms with Crippen LogP contribution in [-0.4, -0.2) is 80.9 Å². The molecule has 0 heterocycles. The predicted molar refractivity (Wildman–Crippen MR) is 155 cm³/mol. The molecule has 0 aromatic carbocycles. The SMILES string of the molecule is C.C=C.C[N-]N=NC(C)(C)C.C[N](N=NC(C)(C)C)[Sb]([N](C)N=NC(C)(C)C)[N](C)N=NC(C)(C)C.[Li+]. The second-order valence-corrected chi connectivity index (χ2v) is 17.9. The molecule has 0 fully saturated rings. The normalized spacial score (nSPS) is 12.5. The molecule has 0 N–H and O–H groups in total. The molecule has 0 unspecified atom stereocenters. The molecule has 12 nitrogen and oxygen atoms in total. The van der Waals surface area contributed by atoms with Crippen molar-refractivity contribution in [3.05, 3.63) is 18.6 Å². The standard InChI is InChI=1S/4C5H12N3.C2H4.CH4.Li.Sb/c4*1-5(2,3)7-8-6-4;1-2;;;/h4*1-4H3;1-2H2;1H4;;/q4*-1;;;+1;+3. The van der Waals surface area contributed by atoms with Crippen LogP contribution >= 0.6 is 0 Å². The third-order valence-electron chi connectivity index (χ3n) is 2.63. The second kappa shape index (κ2) is 20.7. The van der Waals surface area contributed by atoms with Gasteiger partial charge in [-0.15, -0.1) is 13.2 Å². The van der Waals surface area contributed by atoms with Crippen LogP contribution in [0.25, 0.3) is 5.43 Å². The fraction of sp³-hybridized carbons (Fsp3) is 0.913. The van der Waals surface area contributed by atoms with E-state index >= 15 is 0 Å². The number of hydrogen-bond acceptors (Lipinski definition) is 8. The molecule has 0 aromatic heterocycles. The molecular weight excluding hydrogens is 573 g/mol. The van der Waals surface area contributed by atoms with Crippen molar-refractivity contribution in [3.8, 4) is 0 Å². The van der Waals surface area contributed by atoms with E-state index in [1.807, 2.05) is 114 Å². The Morgan fingerprint density at radius 2 is 0.757 bits per heavy atom. The Morgan fingerprint density at radius 1 is 0.541 bits per heavy atom. The number of rotatable bonds is 7. The summed E-state index contributed by atoms with van der Waals surface area (Å²) in [6.07, 6.45) is 0. The molecule has 14 heteroatoms. The van der Waals surface area contributed by atoms with Crippen molar-refractivity contribution < 1.29 is 18.9 Å². The molecule has 0 aliphatic heterocycles. The summed E-state index contributed by atoms with van der Waals surface area (Å²) < 4.78 is 5.62. The van der Waals surface area contributed by atoms with Gasteiger partial charge in [-0.2, -0.15) is 0 Å². The smallest absolute Gasteiger partial charge is 1.00 e. The maximum Gasteiger partial charge on any atom is 1.00 e. The van der Waals surface area contributed by atoms with Gasteiger partial charge in [-0.3, -0.25) is 5.22 Å². The zero-order valence-electron chi connectivity index (χ0n) is 26.2. The maximum atomic E-state index is 4.38. The Balaban J connectivity index is -0.000000242. The van der Waals surface area contributed by atoms with Gasteiger partial charge in [0.1, 0.15) is 0 Å². The zero-order chi connectivity index (χ0) is 28.7. The summed E-state index contributed by atoms with van der Waals surface area (Å²) in [7, 11) is 7.33. The molecule has 37 heavy (non-hydrogen) atoms. The molecule has 0 atom stereocenters. The molecule has 0 radical (unpaired) electrons. The van der Waals surface area contributed by atoms with Crippen molar-refractivity contribution in [1.82, 2.24) is 9.50 Å². The Morgan fingerprint density at radius 3 is 0.892 bits per heavy atom. The molecule has 0 saturated heterocycles. The van der Waals surface area contributed by atoms with Crippen molar-refractivity contribution >= 4 is 21.0 Å². The average Bonchev–Trinajstić information content (AvgIpc) is 2.67. The van der Waals surface area contributed by atoms with Crippen LogP contribution < -0.4 is 18.9 Å². The van der Waals surface area contributed by atoms with Gasteiger partial charge < -0.3 is 10.5 Å². The quantitative estimate of drug-likeness (QED) is 0.173. The van der Waals surface area contributed by atoms with Gasteiger partial charge in [0.2, 0.25) is 0 Å². The Bertz CT molecular complexity index is 600. The largest absolute Gasteiger partial charge is 1.00 e. The minimum atomic E-state index is -2.59. The summed E-state index contributed by atoms with van der Waals surface area (Å²) in [5.41, 5.74) is 2.68. The van der Waals surface area contributed by atoms with Gasteiger partial charge in [0.25, 0.3) is 0 Å². The summed E-state index contributed by atoms with van der Waals surface area (Å²) in [5, 5.41) is 33.5. The summed E-state index contributed by atoms with van der Waals surface area (Å²) in [6.45, 7) is 30.0. The van der Waals surface area contributed by atoms with Crippen molar-refractivity contribution in [2.24, 2.45) is 41.4 Å². The van der Waals surface area contributed by atoms with Crippen LogP contribution in [0, 0.1) is 0 Å². The van der Waals surface area contributed by atoms with Crippen LogP contribution in [0.15, 0.2) is 54.5 Å². The molecule has 0 amide bonds. The first-order valence-electron chi connectivity index (χ1n) is 11.4. The monoisotopic (exact) mass is 628 g/mol. The van der Waals surface area contributed by atoms with Crippen LogP contribution in [0.4, 0.5) is 0 Å². The zero-order valence-corrected chi connectivity index (χ0v) is 28.8. The first-order valence-corrected chi connectivity index (χ1v) is 14.8. The molecule has 0 aliphatic carbocycles. The van der Waals surface area contributed by atoms with E-state index < -0.39 is 21.0 Å². The molecular formula is C23H56LiN12Sb. The summed E-state index contributed by atoms with van der Waals surface area (Å²) in [6, 6.07) is 0. The first-order chi connectivity index (χ1) is 15.6. The van der Waals surface area contributed by atoms with Crippen LogP contribution in [0.3, 0.4) is 0 Å². The molecule has 0 aromatic rings. The molecule has 0 bridgehead atoms. The van der Waals surface area contributed by atoms with Crippen LogP contribution in [0.2, 0.25) is 0 Å². The Hall–Kier alpha value is -1.24. The van der Waals surface area contributed by atoms with E-state index in [1.54, 1.807) is 7.05 Å². The summed E-state index contributed by atoms with van der Waals surface area (Å²) in [5.74, 6) is 0. The minimum Gasteiger partial charge on any atom is 1.00 e. The average molecular weight is 629 g/mol. The fourth-order valence-corrected chi connectivity index (χ4v) is 5.61. The van der Waals surface area contributed by atoms with Gasteiger partial charge in [-0.1, -0.05) is 28.2 Å². The fourth-order valence-electron chi connectivity index (χ4n) is 1.44. The van der Waals surface area contributed by atoms with Gasteiger partial charge in [0.05, 0.1) is 0 Å². The van der Waals surface area contributed by atoms with Gasteiger partial charge in [0, 0.05) is 0 Å². The van der Waals surface area contributed by atoms with E-state index in [-0.39, 0.29) is 48.4 Å². The van der Waals surface area contributed by atoms with Crippen molar-refractivity contribution in [2.75, 3.05) is 28.2 Å². The number of hydrogen-bond donors (Lipinski definition) is 0. The van der Waals surface area contributed by atoms with Crippen molar-refractivity contribution in [3.63, 3.8) is 0 Å². The maximum absolute atomic E-state index is 4.38. The van der Waals surface area contributed by atoms with Gasteiger partial charge in [0.15, 0.2) is 0 Å². The third-order valence-corrected chi connectivity index (χ3v) is 7.75. The van der Waals surface area contributed by atoms with E-state index in [0.717, 1.165) is 0 Å². The van der Waals surface area contributed by atoms with Crippen LogP contribution in [0.1, 0.15) is 90.5 Å². The molecule has 0 saturated carbocycles. The topological polar surface area (TPSA) is 123 Å². The summed E-state index contributed by atoms with van der Waals surface area (Å²) in [4.78, 5) is 0. The van der Waals surface area contributed by atoms with E-state index in [9.17, 15) is 0 Å². The second-order valence-electron chi connectivity index (χ2n) is 11.4. The van der Waals surface area contributed by atoms with Gasteiger partial charge >= 0.3 is 180 Å². The van der Waals surface area contributed by atoms with Gasteiger partial charge in [-0.05, 0) is 12.6 Å². The molecule has 0 spiro atoms. The van der Waals surface area contributed by atoms with Crippen LogP contribution in [-0.2, 0) is 0 Å². The van der Waals surface area contributed by atoms with Crippen molar-refractivity contribution in [2.45, 2.75) is 113 Å². The van der Waals surface area contributed by atoms with Crippen molar-refractivity contribution in [1.29, 1.82) is 0 Å². The Kier molecular flexibility index (Phi) is 25.5. The predicted octanol–water partition coefficient (Wildman–Crippen LogP) is 4.86. The van der Waals surface area contributed by atoms with Crippen LogP contribution in [0.5, 0.6) is 0 Å². The van der Waals surface area contributed by atoms with Gasteiger partial charge in [-0.25, -0.2) is 0 Å². The van der Waals surface area contributed by atoms with E-state index in [4.69, 9.17) is 0 Å². The molecule has 0 aliphatic rings. The number of nitrogens with zero attached hydrogens (tertiary/aromatic N) is 12.